The monoisotopic (exact) mass is 408 g/mol. The maximum Gasteiger partial charge on any atom is 0.337 e. The topological polar surface area (TPSA) is 66.0 Å². The molecule has 6 nitrogen and oxygen atoms in total. The summed E-state index contributed by atoms with van der Waals surface area (Å²) in [5.41, 5.74) is 2.98. The standard InChI is InChI=1S/C24H32N4O2/c1-3-25-24(26-17-19-9-11-21(12-10-19)23(29)30-2)27-22-13-15-28(16-14-22)18-20-7-5-4-6-8-20/h4-12,22H,3,13-18H2,1-2H3,(H2,25,26,27). The van der Waals surface area contributed by atoms with E-state index in [0.29, 0.717) is 18.2 Å². The summed E-state index contributed by atoms with van der Waals surface area (Å²) in [6.07, 6.45) is 2.20. The van der Waals surface area contributed by atoms with Crippen LogP contribution in [0.3, 0.4) is 0 Å². The van der Waals surface area contributed by atoms with Gasteiger partial charge in [-0.15, -0.1) is 0 Å². The van der Waals surface area contributed by atoms with E-state index in [1.54, 1.807) is 12.1 Å². The molecule has 1 aliphatic heterocycles. The Hall–Kier alpha value is -2.86. The van der Waals surface area contributed by atoms with Crippen molar-refractivity contribution in [2.45, 2.75) is 38.9 Å². The second kappa shape index (κ2) is 11.4. The molecular formula is C24H32N4O2. The lowest BCUT2D eigenvalue weighted by Gasteiger charge is -2.33. The molecule has 6 heteroatoms. The van der Waals surface area contributed by atoms with Crippen LogP contribution in [0.5, 0.6) is 0 Å². The van der Waals surface area contributed by atoms with Gasteiger partial charge in [0.15, 0.2) is 5.96 Å². The fourth-order valence-corrected chi connectivity index (χ4v) is 3.62. The van der Waals surface area contributed by atoms with Gasteiger partial charge in [0.2, 0.25) is 0 Å². The molecule has 2 aromatic carbocycles. The lowest BCUT2D eigenvalue weighted by atomic mass is 10.0. The number of ether oxygens (including phenoxy) is 1. The predicted octanol–water partition coefficient (Wildman–Crippen LogP) is 3.19. The minimum absolute atomic E-state index is 0.321. The number of esters is 1. The Bertz CT molecular complexity index is 813. The average Bonchev–Trinajstić information content (AvgIpc) is 2.79. The normalized spacial score (nSPS) is 15.6. The van der Waals surface area contributed by atoms with Gasteiger partial charge in [-0.05, 0) is 43.0 Å². The summed E-state index contributed by atoms with van der Waals surface area (Å²) >= 11 is 0. The Labute approximate surface area is 179 Å². The third-order valence-corrected chi connectivity index (χ3v) is 5.32. The highest BCUT2D eigenvalue weighted by Crippen LogP contribution is 2.14. The molecule has 30 heavy (non-hydrogen) atoms. The number of nitrogens with one attached hydrogen (secondary N) is 2. The summed E-state index contributed by atoms with van der Waals surface area (Å²) in [5.74, 6) is 0.523. The number of methoxy groups -OCH3 is 1. The van der Waals surface area contributed by atoms with Gasteiger partial charge in [0.25, 0.3) is 0 Å². The second-order valence-electron chi connectivity index (χ2n) is 7.56. The summed E-state index contributed by atoms with van der Waals surface area (Å²) in [7, 11) is 1.39. The van der Waals surface area contributed by atoms with Crippen LogP contribution in [0.2, 0.25) is 0 Å². The van der Waals surface area contributed by atoms with Crippen LogP contribution >= 0.6 is 0 Å². The highest BCUT2D eigenvalue weighted by atomic mass is 16.5. The van der Waals surface area contributed by atoms with Crippen molar-refractivity contribution in [2.75, 3.05) is 26.7 Å². The van der Waals surface area contributed by atoms with E-state index in [1.807, 2.05) is 12.1 Å². The Kier molecular flexibility index (Phi) is 8.27. The summed E-state index contributed by atoms with van der Waals surface area (Å²) in [5, 5.41) is 6.93. The number of hydrogen-bond acceptors (Lipinski definition) is 4. The van der Waals surface area contributed by atoms with Crippen molar-refractivity contribution in [2.24, 2.45) is 4.99 Å². The first kappa shape index (κ1) is 21.8. The fraction of sp³-hybridized carbons (Fsp3) is 0.417. The molecule has 1 fully saturated rings. The molecule has 0 amide bonds. The lowest BCUT2D eigenvalue weighted by molar-refractivity contribution is 0.0600. The minimum Gasteiger partial charge on any atom is -0.465 e. The maximum absolute atomic E-state index is 11.5. The van der Waals surface area contributed by atoms with Gasteiger partial charge in [0.05, 0.1) is 19.2 Å². The zero-order valence-electron chi connectivity index (χ0n) is 17.9. The third-order valence-electron chi connectivity index (χ3n) is 5.32. The van der Waals surface area contributed by atoms with E-state index in [2.05, 4.69) is 52.8 Å². The SMILES string of the molecule is CCNC(=NCc1ccc(C(=O)OC)cc1)NC1CCN(Cc2ccccc2)CC1. The molecule has 0 aliphatic carbocycles. The fourth-order valence-electron chi connectivity index (χ4n) is 3.62. The second-order valence-corrected chi connectivity index (χ2v) is 7.56. The van der Waals surface area contributed by atoms with Crippen LogP contribution in [0.15, 0.2) is 59.6 Å². The molecule has 1 saturated heterocycles. The Balaban J connectivity index is 1.50. The van der Waals surface area contributed by atoms with Crippen LogP contribution in [-0.2, 0) is 17.8 Å². The average molecular weight is 409 g/mol. The molecule has 2 N–H and O–H groups in total. The quantitative estimate of drug-likeness (QED) is 0.418. The lowest BCUT2D eigenvalue weighted by Crippen LogP contribution is -2.48. The number of hydrogen-bond donors (Lipinski definition) is 2. The number of nitrogens with zero attached hydrogens (tertiary/aromatic N) is 2. The van der Waals surface area contributed by atoms with Crippen molar-refractivity contribution in [3.63, 3.8) is 0 Å². The molecule has 0 spiro atoms. The first-order valence-electron chi connectivity index (χ1n) is 10.7. The van der Waals surface area contributed by atoms with Gasteiger partial charge < -0.3 is 15.4 Å². The van der Waals surface area contributed by atoms with E-state index in [-0.39, 0.29) is 5.97 Å². The van der Waals surface area contributed by atoms with Gasteiger partial charge in [0, 0.05) is 32.2 Å². The number of aliphatic imine (C=N–C) groups is 1. The third kappa shape index (κ3) is 6.59. The van der Waals surface area contributed by atoms with E-state index in [0.717, 1.165) is 50.5 Å². The summed E-state index contributed by atoms with van der Waals surface area (Å²) < 4.78 is 4.74. The van der Waals surface area contributed by atoms with Crippen LogP contribution < -0.4 is 10.6 Å². The summed E-state index contributed by atoms with van der Waals surface area (Å²) in [4.78, 5) is 18.8. The molecule has 0 atom stereocenters. The highest BCUT2D eigenvalue weighted by molar-refractivity contribution is 5.89. The molecule has 160 valence electrons. The molecule has 1 aliphatic rings. The summed E-state index contributed by atoms with van der Waals surface area (Å²) in [6.45, 7) is 6.64. The van der Waals surface area contributed by atoms with Crippen LogP contribution in [0, 0.1) is 0 Å². The minimum atomic E-state index is -0.321. The van der Waals surface area contributed by atoms with E-state index in [1.165, 1.54) is 12.7 Å². The molecule has 0 radical (unpaired) electrons. The van der Waals surface area contributed by atoms with Crippen molar-refractivity contribution in [1.82, 2.24) is 15.5 Å². The van der Waals surface area contributed by atoms with Crippen molar-refractivity contribution in [3.05, 3.63) is 71.3 Å². The van der Waals surface area contributed by atoms with Crippen LogP contribution in [-0.4, -0.2) is 49.6 Å². The van der Waals surface area contributed by atoms with Crippen molar-refractivity contribution in [3.8, 4) is 0 Å². The molecule has 0 unspecified atom stereocenters. The van der Waals surface area contributed by atoms with E-state index in [4.69, 9.17) is 9.73 Å². The molecule has 0 aromatic heterocycles. The van der Waals surface area contributed by atoms with Crippen LogP contribution in [0.25, 0.3) is 0 Å². The Morgan fingerprint density at radius 3 is 2.40 bits per heavy atom. The van der Waals surface area contributed by atoms with Crippen molar-refractivity contribution >= 4 is 11.9 Å². The molecule has 0 saturated carbocycles. The molecule has 2 aromatic rings. The van der Waals surface area contributed by atoms with Gasteiger partial charge in [-0.1, -0.05) is 42.5 Å². The number of benzene rings is 2. The van der Waals surface area contributed by atoms with Crippen LogP contribution in [0.1, 0.15) is 41.3 Å². The summed E-state index contributed by atoms with van der Waals surface area (Å²) in [6, 6.07) is 18.5. The molecule has 3 rings (SSSR count). The Morgan fingerprint density at radius 2 is 1.77 bits per heavy atom. The maximum atomic E-state index is 11.5. The largest absolute Gasteiger partial charge is 0.465 e. The number of carbonyl (C=O) groups is 1. The van der Waals surface area contributed by atoms with Crippen LogP contribution in [0.4, 0.5) is 0 Å². The van der Waals surface area contributed by atoms with Gasteiger partial charge >= 0.3 is 5.97 Å². The van der Waals surface area contributed by atoms with Crippen molar-refractivity contribution < 1.29 is 9.53 Å². The zero-order valence-corrected chi connectivity index (χ0v) is 17.9. The predicted molar refractivity (Wildman–Crippen MR) is 120 cm³/mol. The van der Waals surface area contributed by atoms with Gasteiger partial charge in [-0.25, -0.2) is 9.79 Å². The van der Waals surface area contributed by atoms with E-state index >= 15 is 0 Å². The number of guanidine groups is 1. The van der Waals surface area contributed by atoms with E-state index < -0.39 is 0 Å². The van der Waals surface area contributed by atoms with Gasteiger partial charge in [-0.2, -0.15) is 0 Å². The first-order valence-corrected chi connectivity index (χ1v) is 10.7. The van der Waals surface area contributed by atoms with Crippen molar-refractivity contribution in [1.29, 1.82) is 0 Å². The number of likely N-dealkylation sites (tertiary alicyclic amines) is 1. The number of carbonyl (C=O) groups excluding carboxylic acids is 1. The molecule has 0 bridgehead atoms. The van der Waals surface area contributed by atoms with Gasteiger partial charge in [-0.3, -0.25) is 4.90 Å². The molecular weight excluding hydrogens is 376 g/mol. The zero-order chi connectivity index (χ0) is 21.2. The first-order chi connectivity index (χ1) is 14.7. The molecule has 1 heterocycles. The van der Waals surface area contributed by atoms with E-state index in [9.17, 15) is 4.79 Å². The Morgan fingerprint density at radius 1 is 1.07 bits per heavy atom. The number of rotatable bonds is 7. The number of piperidine rings is 1. The highest BCUT2D eigenvalue weighted by Gasteiger charge is 2.20. The van der Waals surface area contributed by atoms with Gasteiger partial charge in [0.1, 0.15) is 0 Å². The smallest absolute Gasteiger partial charge is 0.337 e.